The highest BCUT2D eigenvalue weighted by Crippen LogP contribution is 2.00. The molecular weight excluding hydrogens is 275 g/mol. The number of nitrogens with two attached hydrogens (primary N) is 2. The van der Waals surface area contributed by atoms with Crippen LogP contribution in [0.2, 0.25) is 0 Å². The van der Waals surface area contributed by atoms with E-state index in [-0.39, 0.29) is 0 Å². The lowest BCUT2D eigenvalue weighted by Crippen LogP contribution is -2.49. The minimum Gasteiger partial charge on any atom is -0.525 e. The van der Waals surface area contributed by atoms with Crippen LogP contribution in [-0.4, -0.2) is 25.5 Å². The van der Waals surface area contributed by atoms with Gasteiger partial charge in [0.05, 0.1) is 0 Å². The van der Waals surface area contributed by atoms with Crippen molar-refractivity contribution in [2.24, 2.45) is 11.5 Å². The van der Waals surface area contributed by atoms with Crippen LogP contribution >= 0.6 is 0 Å². The van der Waals surface area contributed by atoms with Gasteiger partial charge in [-0.1, -0.05) is 60.7 Å². The average molecular weight is 296 g/mol. The van der Waals surface area contributed by atoms with Gasteiger partial charge in [-0.25, -0.2) is 0 Å². The third kappa shape index (κ3) is 4.45. The molecular formula is C17H21BN2O2. The standard InChI is InChI=1S/C17H21BN2O2/c19-13-7-12-16(20)17(21)22-18(14-8-3-1-4-9-14)15-10-5-2-6-11-15/h1-6,8-11,16H,7,12-13,19-20H2. The Kier molecular flexibility index (Phi) is 6.19. The lowest BCUT2D eigenvalue weighted by Gasteiger charge is -2.18. The maximum Gasteiger partial charge on any atom is 0.429 e. The Balaban J connectivity index is 2.17. The summed E-state index contributed by atoms with van der Waals surface area (Å²) in [6.07, 6.45) is 1.24. The maximum absolute atomic E-state index is 12.2. The summed E-state index contributed by atoms with van der Waals surface area (Å²) in [7, 11) is 0. The lowest BCUT2D eigenvalue weighted by atomic mass is 9.55. The second-order valence-electron chi connectivity index (χ2n) is 5.18. The molecule has 0 spiro atoms. The van der Waals surface area contributed by atoms with Gasteiger partial charge >= 0.3 is 12.9 Å². The van der Waals surface area contributed by atoms with Crippen LogP contribution in [0.1, 0.15) is 12.8 Å². The predicted molar refractivity (Wildman–Crippen MR) is 90.3 cm³/mol. The summed E-state index contributed by atoms with van der Waals surface area (Å²) in [6.45, 7) is 0.0701. The summed E-state index contributed by atoms with van der Waals surface area (Å²) in [4.78, 5) is 12.2. The van der Waals surface area contributed by atoms with E-state index >= 15 is 0 Å². The summed E-state index contributed by atoms with van der Waals surface area (Å²) >= 11 is 0. The van der Waals surface area contributed by atoms with Gasteiger partial charge < -0.3 is 16.1 Å². The van der Waals surface area contributed by atoms with E-state index in [9.17, 15) is 4.79 Å². The zero-order chi connectivity index (χ0) is 15.8. The minimum absolute atomic E-state index is 0.397. The summed E-state index contributed by atoms with van der Waals surface area (Å²) in [6, 6.07) is 18.7. The van der Waals surface area contributed by atoms with E-state index in [1.807, 2.05) is 60.7 Å². The third-order valence-corrected chi connectivity index (χ3v) is 3.46. The fourth-order valence-corrected chi connectivity index (χ4v) is 2.24. The first-order chi connectivity index (χ1) is 10.7. The molecule has 4 nitrogen and oxygen atoms in total. The fraction of sp³-hybridized carbons (Fsp3) is 0.235. The summed E-state index contributed by atoms with van der Waals surface area (Å²) < 4.78 is 5.68. The van der Waals surface area contributed by atoms with Crippen molar-refractivity contribution in [3.63, 3.8) is 0 Å². The van der Waals surface area contributed by atoms with Crippen LogP contribution in [0.5, 0.6) is 0 Å². The molecule has 0 aliphatic rings. The van der Waals surface area contributed by atoms with Crippen LogP contribution in [0.25, 0.3) is 0 Å². The highest BCUT2D eigenvalue weighted by atomic mass is 16.5. The van der Waals surface area contributed by atoms with Crippen molar-refractivity contribution >= 4 is 23.8 Å². The molecule has 1 atom stereocenters. The van der Waals surface area contributed by atoms with Crippen LogP contribution in [0.3, 0.4) is 0 Å². The van der Waals surface area contributed by atoms with Crippen LogP contribution in [0.15, 0.2) is 60.7 Å². The quantitative estimate of drug-likeness (QED) is 0.725. The Morgan fingerprint density at radius 1 is 1.00 bits per heavy atom. The van der Waals surface area contributed by atoms with E-state index in [1.54, 1.807) is 0 Å². The van der Waals surface area contributed by atoms with Gasteiger partial charge in [0.1, 0.15) is 6.04 Å². The predicted octanol–water partition coefficient (Wildman–Crippen LogP) is 0.402. The highest BCUT2D eigenvalue weighted by molar-refractivity contribution is 6.81. The van der Waals surface area contributed by atoms with Gasteiger partial charge in [0.2, 0.25) is 0 Å². The molecule has 0 amide bonds. The fourth-order valence-electron chi connectivity index (χ4n) is 2.24. The minimum atomic E-state index is -0.640. The molecule has 4 N–H and O–H groups in total. The molecule has 0 aliphatic carbocycles. The average Bonchev–Trinajstić information content (AvgIpc) is 2.58. The Morgan fingerprint density at radius 3 is 1.95 bits per heavy atom. The third-order valence-electron chi connectivity index (χ3n) is 3.46. The second-order valence-corrected chi connectivity index (χ2v) is 5.18. The molecule has 2 aromatic carbocycles. The molecule has 0 radical (unpaired) electrons. The molecule has 22 heavy (non-hydrogen) atoms. The van der Waals surface area contributed by atoms with E-state index < -0.39 is 18.9 Å². The Bertz CT molecular complexity index is 538. The van der Waals surface area contributed by atoms with E-state index in [1.165, 1.54) is 0 Å². The number of rotatable bonds is 7. The Morgan fingerprint density at radius 2 is 1.50 bits per heavy atom. The largest absolute Gasteiger partial charge is 0.525 e. The van der Waals surface area contributed by atoms with E-state index in [4.69, 9.17) is 16.1 Å². The summed E-state index contributed by atoms with van der Waals surface area (Å²) in [5, 5.41) is 0. The summed E-state index contributed by atoms with van der Waals surface area (Å²) in [5.74, 6) is -0.397. The van der Waals surface area contributed by atoms with Crippen molar-refractivity contribution in [3.05, 3.63) is 60.7 Å². The number of carbonyl (C=O) groups excluding carboxylic acids is 1. The number of carbonyl (C=O) groups is 1. The van der Waals surface area contributed by atoms with Crippen molar-refractivity contribution < 1.29 is 9.45 Å². The molecule has 0 fully saturated rings. The van der Waals surface area contributed by atoms with E-state index in [2.05, 4.69) is 0 Å². The van der Waals surface area contributed by atoms with Crippen molar-refractivity contribution in [3.8, 4) is 0 Å². The molecule has 0 saturated heterocycles. The first kappa shape index (κ1) is 16.3. The molecule has 0 saturated carbocycles. The molecule has 2 aromatic rings. The molecule has 2 rings (SSSR count). The molecule has 0 bridgehead atoms. The molecule has 0 aliphatic heterocycles. The maximum atomic E-state index is 12.2. The van der Waals surface area contributed by atoms with Gasteiger partial charge in [-0.15, -0.1) is 0 Å². The van der Waals surface area contributed by atoms with Crippen molar-refractivity contribution in [2.75, 3.05) is 6.54 Å². The highest BCUT2D eigenvalue weighted by Gasteiger charge is 2.27. The second kappa shape index (κ2) is 8.36. The van der Waals surface area contributed by atoms with Crippen molar-refractivity contribution in [1.29, 1.82) is 0 Å². The zero-order valence-electron chi connectivity index (χ0n) is 12.5. The number of hydrogen-bond donors (Lipinski definition) is 2. The van der Waals surface area contributed by atoms with Gasteiger partial charge in [0.25, 0.3) is 0 Å². The van der Waals surface area contributed by atoms with Gasteiger partial charge in [-0.2, -0.15) is 0 Å². The topological polar surface area (TPSA) is 78.3 Å². The molecule has 114 valence electrons. The van der Waals surface area contributed by atoms with E-state index in [0.29, 0.717) is 19.4 Å². The van der Waals surface area contributed by atoms with Gasteiger partial charge in [0, 0.05) is 0 Å². The monoisotopic (exact) mass is 296 g/mol. The number of hydrogen-bond acceptors (Lipinski definition) is 4. The van der Waals surface area contributed by atoms with Crippen LogP contribution in [0.4, 0.5) is 0 Å². The van der Waals surface area contributed by atoms with Gasteiger partial charge in [0.15, 0.2) is 0 Å². The van der Waals surface area contributed by atoms with Crippen LogP contribution in [0, 0.1) is 0 Å². The SMILES string of the molecule is NCCCC(N)C(=O)OB(c1ccccc1)c1ccccc1. The first-order valence-electron chi connectivity index (χ1n) is 7.48. The summed E-state index contributed by atoms with van der Waals surface area (Å²) in [5.41, 5.74) is 13.2. The molecule has 1 unspecified atom stereocenters. The van der Waals surface area contributed by atoms with Gasteiger partial charge in [-0.05, 0) is 30.3 Å². The first-order valence-corrected chi connectivity index (χ1v) is 7.48. The smallest absolute Gasteiger partial charge is 0.429 e. The Hall–Kier alpha value is -2.11. The molecule has 5 heteroatoms. The van der Waals surface area contributed by atoms with Crippen molar-refractivity contribution in [2.45, 2.75) is 18.9 Å². The van der Waals surface area contributed by atoms with Crippen LogP contribution < -0.4 is 22.4 Å². The van der Waals surface area contributed by atoms with Gasteiger partial charge in [-0.3, -0.25) is 4.79 Å². The van der Waals surface area contributed by atoms with Crippen LogP contribution in [-0.2, 0) is 9.45 Å². The van der Waals surface area contributed by atoms with E-state index in [0.717, 1.165) is 10.9 Å². The number of benzene rings is 2. The lowest BCUT2D eigenvalue weighted by molar-refractivity contribution is -0.136. The molecule has 0 aromatic heterocycles. The zero-order valence-corrected chi connectivity index (χ0v) is 12.5. The van der Waals surface area contributed by atoms with Crippen molar-refractivity contribution in [1.82, 2.24) is 0 Å². The Labute approximate surface area is 131 Å². The normalized spacial score (nSPS) is 11.7. The molecule has 0 heterocycles.